The fraction of sp³-hybridized carbons (Fsp3) is 0.438. The Hall–Kier alpha value is -2.41. The average Bonchev–Trinajstić information content (AvgIpc) is 2.61. The maximum absolute atomic E-state index is 12.5. The summed E-state index contributed by atoms with van der Waals surface area (Å²) in [5, 5.41) is 0. The molecule has 7 heteroatoms. The topological polar surface area (TPSA) is 81.1 Å². The van der Waals surface area contributed by atoms with Crippen molar-refractivity contribution in [3.8, 4) is 0 Å². The van der Waals surface area contributed by atoms with Crippen molar-refractivity contribution in [1.82, 2.24) is 24.8 Å². The minimum absolute atomic E-state index is 0.0149. The van der Waals surface area contributed by atoms with Crippen molar-refractivity contribution in [3.63, 3.8) is 0 Å². The summed E-state index contributed by atoms with van der Waals surface area (Å²) in [6, 6.07) is 1.90. The molecule has 1 amide bonds. The van der Waals surface area contributed by atoms with Crippen molar-refractivity contribution >= 4 is 5.91 Å². The van der Waals surface area contributed by atoms with Crippen molar-refractivity contribution in [2.24, 2.45) is 0 Å². The van der Waals surface area contributed by atoms with Crippen LogP contribution in [0.1, 0.15) is 28.3 Å². The van der Waals surface area contributed by atoms with Crippen LogP contribution in [0.3, 0.4) is 0 Å². The number of hydrogen-bond donors (Lipinski definition) is 0. The lowest BCUT2D eigenvalue weighted by Gasteiger charge is -2.32. The Balaban J connectivity index is 1.57. The van der Waals surface area contributed by atoms with Crippen molar-refractivity contribution in [2.75, 3.05) is 19.7 Å². The highest BCUT2D eigenvalue weighted by molar-refractivity contribution is 5.92. The predicted octanol–water partition coefficient (Wildman–Crippen LogP) is 1.05. The fourth-order valence-corrected chi connectivity index (χ4v) is 2.52. The lowest BCUT2D eigenvalue weighted by Crippen LogP contribution is -2.46. The Morgan fingerprint density at radius 1 is 1.35 bits per heavy atom. The minimum Gasteiger partial charge on any atom is -0.375 e. The molecule has 23 heavy (non-hydrogen) atoms. The van der Waals surface area contributed by atoms with Gasteiger partial charge in [0.2, 0.25) is 0 Å². The molecule has 120 valence electrons. The first-order valence-electron chi connectivity index (χ1n) is 7.67. The summed E-state index contributed by atoms with van der Waals surface area (Å²) in [7, 11) is 0. The highest BCUT2D eigenvalue weighted by Crippen LogP contribution is 2.13. The molecule has 1 fully saturated rings. The number of ether oxygens (including phenoxy) is 1. The zero-order chi connectivity index (χ0) is 16.1. The number of nitrogens with zero attached hydrogens (tertiary/aromatic N) is 5. The molecule has 0 unspecified atom stereocenters. The number of hydrogen-bond acceptors (Lipinski definition) is 6. The van der Waals surface area contributed by atoms with Crippen molar-refractivity contribution < 1.29 is 9.53 Å². The van der Waals surface area contributed by atoms with Crippen molar-refractivity contribution in [1.29, 1.82) is 0 Å². The Bertz CT molecular complexity index is 647. The first kappa shape index (κ1) is 15.5. The van der Waals surface area contributed by atoms with Crippen LogP contribution in [0.25, 0.3) is 0 Å². The summed E-state index contributed by atoms with van der Waals surface area (Å²) in [5.74, 6) is -0.0900. The molecule has 2 aromatic rings. The number of morpholine rings is 1. The van der Waals surface area contributed by atoms with E-state index in [9.17, 15) is 4.79 Å². The van der Waals surface area contributed by atoms with E-state index in [1.807, 2.05) is 13.0 Å². The first-order chi connectivity index (χ1) is 11.2. The van der Waals surface area contributed by atoms with Gasteiger partial charge in [-0.25, -0.2) is 15.0 Å². The number of amides is 1. The SMILES string of the molecule is Cc1cnc(C(=O)N2CCO[C@H](CCc3ccncn3)C2)cn1. The monoisotopic (exact) mass is 313 g/mol. The van der Waals surface area contributed by atoms with Gasteiger partial charge in [0.25, 0.3) is 5.91 Å². The van der Waals surface area contributed by atoms with Crippen molar-refractivity contribution in [3.05, 3.63) is 48.1 Å². The third-order valence-corrected chi connectivity index (χ3v) is 3.79. The molecule has 0 N–H and O–H groups in total. The number of carbonyl (C=O) groups excluding carboxylic acids is 1. The van der Waals surface area contributed by atoms with Gasteiger partial charge in [0, 0.05) is 31.2 Å². The van der Waals surface area contributed by atoms with Crippen LogP contribution < -0.4 is 0 Å². The molecule has 0 spiro atoms. The number of aromatic nitrogens is 4. The Kier molecular flexibility index (Phi) is 4.87. The number of carbonyl (C=O) groups is 1. The van der Waals surface area contributed by atoms with E-state index in [4.69, 9.17) is 4.74 Å². The van der Waals surface area contributed by atoms with Gasteiger partial charge in [-0.15, -0.1) is 0 Å². The third-order valence-electron chi connectivity index (χ3n) is 3.79. The van der Waals surface area contributed by atoms with E-state index in [-0.39, 0.29) is 12.0 Å². The molecule has 0 aromatic carbocycles. The molecule has 0 radical (unpaired) electrons. The van der Waals surface area contributed by atoms with Crippen LogP contribution >= 0.6 is 0 Å². The van der Waals surface area contributed by atoms with Crippen LogP contribution in [0.5, 0.6) is 0 Å². The van der Waals surface area contributed by atoms with Gasteiger partial charge in [-0.1, -0.05) is 0 Å². The maximum atomic E-state index is 12.5. The molecule has 1 atom stereocenters. The normalized spacial score (nSPS) is 18.0. The molecule has 2 aromatic heterocycles. The molecule has 0 aliphatic carbocycles. The Morgan fingerprint density at radius 2 is 2.26 bits per heavy atom. The van der Waals surface area contributed by atoms with E-state index in [1.54, 1.807) is 23.6 Å². The van der Waals surface area contributed by atoms with Crippen LogP contribution in [-0.2, 0) is 11.2 Å². The summed E-state index contributed by atoms with van der Waals surface area (Å²) in [6.07, 6.45) is 8.06. The van der Waals surface area contributed by atoms with Gasteiger partial charge >= 0.3 is 0 Å². The summed E-state index contributed by atoms with van der Waals surface area (Å²) < 4.78 is 5.76. The maximum Gasteiger partial charge on any atom is 0.274 e. The van der Waals surface area contributed by atoms with Gasteiger partial charge in [0.05, 0.1) is 24.6 Å². The summed E-state index contributed by atoms with van der Waals surface area (Å²) in [6.45, 7) is 3.54. The zero-order valence-electron chi connectivity index (χ0n) is 13.1. The van der Waals surface area contributed by atoms with Crippen LogP contribution in [0.15, 0.2) is 31.0 Å². The lowest BCUT2D eigenvalue weighted by molar-refractivity contribution is -0.0248. The molecule has 3 rings (SSSR count). The molecule has 0 saturated carbocycles. The average molecular weight is 313 g/mol. The lowest BCUT2D eigenvalue weighted by atomic mass is 10.1. The number of aryl methyl sites for hydroxylation is 2. The molecule has 7 nitrogen and oxygen atoms in total. The van der Waals surface area contributed by atoms with Crippen LogP contribution in [0, 0.1) is 6.92 Å². The van der Waals surface area contributed by atoms with E-state index in [2.05, 4.69) is 19.9 Å². The number of rotatable bonds is 4. The molecule has 1 aliphatic rings. The molecule has 3 heterocycles. The second kappa shape index (κ2) is 7.23. The van der Waals surface area contributed by atoms with Gasteiger partial charge in [0.1, 0.15) is 12.0 Å². The minimum atomic E-state index is -0.0900. The summed E-state index contributed by atoms with van der Waals surface area (Å²) >= 11 is 0. The van der Waals surface area contributed by atoms with Crippen LogP contribution in [-0.4, -0.2) is 56.5 Å². The van der Waals surface area contributed by atoms with Crippen molar-refractivity contribution in [2.45, 2.75) is 25.9 Å². The van der Waals surface area contributed by atoms with E-state index >= 15 is 0 Å². The first-order valence-corrected chi connectivity index (χ1v) is 7.67. The van der Waals surface area contributed by atoms with E-state index < -0.39 is 0 Å². The molecule has 1 aliphatic heterocycles. The van der Waals surface area contributed by atoms with Crippen LogP contribution in [0.2, 0.25) is 0 Å². The van der Waals surface area contributed by atoms with Gasteiger partial charge in [-0.05, 0) is 25.8 Å². The smallest absolute Gasteiger partial charge is 0.274 e. The molecular formula is C16H19N5O2. The summed E-state index contributed by atoms with van der Waals surface area (Å²) in [5.41, 5.74) is 2.16. The largest absolute Gasteiger partial charge is 0.375 e. The Labute approximate surface area is 134 Å². The van der Waals surface area contributed by atoms with E-state index in [1.165, 1.54) is 6.20 Å². The van der Waals surface area contributed by atoms with Gasteiger partial charge in [-0.2, -0.15) is 0 Å². The Morgan fingerprint density at radius 3 is 3.00 bits per heavy atom. The molecular weight excluding hydrogens is 294 g/mol. The van der Waals surface area contributed by atoms with Gasteiger partial charge in [0.15, 0.2) is 0 Å². The van der Waals surface area contributed by atoms with Gasteiger partial charge in [-0.3, -0.25) is 9.78 Å². The molecule has 0 bridgehead atoms. The summed E-state index contributed by atoms with van der Waals surface area (Å²) in [4.78, 5) is 30.7. The van der Waals surface area contributed by atoms with E-state index in [0.717, 1.165) is 24.2 Å². The highest BCUT2D eigenvalue weighted by atomic mass is 16.5. The molecule has 1 saturated heterocycles. The fourth-order valence-electron chi connectivity index (χ4n) is 2.52. The standard InChI is InChI=1S/C16H19N5O2/c1-12-8-19-15(9-18-12)16(22)21-6-7-23-14(10-21)3-2-13-4-5-17-11-20-13/h4-5,8-9,11,14H,2-3,6-7,10H2,1H3/t14-/m1/s1. The van der Waals surface area contributed by atoms with Crippen LogP contribution in [0.4, 0.5) is 0 Å². The highest BCUT2D eigenvalue weighted by Gasteiger charge is 2.25. The van der Waals surface area contributed by atoms with Gasteiger partial charge < -0.3 is 9.64 Å². The second-order valence-electron chi connectivity index (χ2n) is 5.53. The quantitative estimate of drug-likeness (QED) is 0.839. The third kappa shape index (κ3) is 4.07. The second-order valence-corrected chi connectivity index (χ2v) is 5.53. The predicted molar refractivity (Wildman–Crippen MR) is 82.8 cm³/mol. The van der Waals surface area contributed by atoms with E-state index in [0.29, 0.717) is 25.4 Å². The zero-order valence-corrected chi connectivity index (χ0v) is 13.1.